The van der Waals surface area contributed by atoms with Gasteiger partial charge in [-0.2, -0.15) is 0 Å². The zero-order chi connectivity index (χ0) is 27.5. The maximum absolute atomic E-state index is 13.4. The molecule has 0 aliphatic heterocycles. The van der Waals surface area contributed by atoms with E-state index in [1.165, 1.54) is 62.6 Å². The first-order valence-corrected chi connectivity index (χ1v) is 12.5. The summed E-state index contributed by atoms with van der Waals surface area (Å²) in [6.45, 7) is 2.69. The van der Waals surface area contributed by atoms with Gasteiger partial charge < -0.3 is 10.5 Å². The van der Waals surface area contributed by atoms with E-state index in [9.17, 15) is 27.6 Å². The van der Waals surface area contributed by atoms with Gasteiger partial charge in [-0.3, -0.25) is 23.0 Å². The van der Waals surface area contributed by atoms with Crippen LogP contribution in [0.4, 0.5) is 11.5 Å². The molecule has 0 saturated heterocycles. The van der Waals surface area contributed by atoms with E-state index in [4.69, 9.17) is 22.1 Å². The number of nitrogens with two attached hydrogens (primary N) is 1. The molecule has 2 N–H and O–H groups in total. The van der Waals surface area contributed by atoms with E-state index in [0.717, 1.165) is 14.9 Å². The number of aromatic nitrogens is 2. The van der Waals surface area contributed by atoms with Gasteiger partial charge in [0.25, 0.3) is 15.6 Å². The molecule has 0 spiro atoms. The van der Waals surface area contributed by atoms with E-state index in [1.807, 2.05) is 0 Å². The van der Waals surface area contributed by atoms with Gasteiger partial charge in [-0.15, -0.1) is 6.58 Å². The lowest BCUT2D eigenvalue weighted by Crippen LogP contribution is -2.42. The molecule has 0 saturated carbocycles. The number of nitrogens with zero attached hydrogens (tertiary/aromatic N) is 3. The molecule has 1 heterocycles. The molecule has 13 heteroatoms. The number of esters is 1. The number of rotatable bonds is 9. The first kappa shape index (κ1) is 27.4. The zero-order valence-electron chi connectivity index (χ0n) is 19.9. The Morgan fingerprint density at radius 2 is 1.76 bits per heavy atom. The van der Waals surface area contributed by atoms with Crippen LogP contribution in [0.3, 0.4) is 0 Å². The van der Waals surface area contributed by atoms with Gasteiger partial charge in [-0.05, 0) is 42.5 Å². The summed E-state index contributed by atoms with van der Waals surface area (Å²) in [6.07, 6.45) is 1.41. The van der Waals surface area contributed by atoms with Gasteiger partial charge in [0.1, 0.15) is 11.4 Å². The fourth-order valence-corrected chi connectivity index (χ4v) is 4.99. The summed E-state index contributed by atoms with van der Waals surface area (Å²) in [5, 5.41) is 0.427. The van der Waals surface area contributed by atoms with E-state index in [0.29, 0.717) is 15.3 Å². The number of halogens is 1. The van der Waals surface area contributed by atoms with Gasteiger partial charge >= 0.3 is 11.7 Å². The molecule has 194 valence electrons. The number of ketones is 1. The SMILES string of the molecule is C=CCN(c1ccc(Cl)cc1)S(=O)(=O)c1cccc(C(=O)OCC(=O)c2c(N)n(C)c(=O)n(C)c2=O)c1. The summed E-state index contributed by atoms with van der Waals surface area (Å²) in [6, 6.07) is 11.2. The van der Waals surface area contributed by atoms with E-state index in [1.54, 1.807) is 0 Å². The second-order valence-electron chi connectivity index (χ2n) is 7.79. The molecule has 0 aliphatic rings. The number of ether oxygens (including phenoxy) is 1. The Hall–Kier alpha value is -4.16. The van der Waals surface area contributed by atoms with Crippen molar-refractivity contribution in [3.8, 4) is 0 Å². The molecule has 0 fully saturated rings. The first-order valence-electron chi connectivity index (χ1n) is 10.6. The number of carbonyl (C=O) groups excluding carboxylic acids is 2. The fraction of sp³-hybridized carbons (Fsp3) is 0.167. The Labute approximate surface area is 217 Å². The molecule has 0 bridgehead atoms. The summed E-state index contributed by atoms with van der Waals surface area (Å²) < 4.78 is 34.4. The van der Waals surface area contributed by atoms with Gasteiger partial charge in [-0.1, -0.05) is 23.7 Å². The molecule has 11 nitrogen and oxygen atoms in total. The fourth-order valence-electron chi connectivity index (χ4n) is 3.39. The van der Waals surface area contributed by atoms with Crippen molar-refractivity contribution in [1.82, 2.24) is 9.13 Å². The first-order chi connectivity index (χ1) is 17.4. The summed E-state index contributed by atoms with van der Waals surface area (Å²) in [5.74, 6) is -2.30. The van der Waals surface area contributed by atoms with Gasteiger partial charge in [0, 0.05) is 19.1 Å². The molecule has 0 aliphatic carbocycles. The van der Waals surface area contributed by atoms with Crippen molar-refractivity contribution in [2.24, 2.45) is 14.1 Å². The minimum Gasteiger partial charge on any atom is -0.454 e. The Morgan fingerprint density at radius 3 is 2.38 bits per heavy atom. The van der Waals surface area contributed by atoms with Crippen LogP contribution in [0.5, 0.6) is 0 Å². The van der Waals surface area contributed by atoms with Crippen LogP contribution in [-0.4, -0.2) is 42.5 Å². The van der Waals surface area contributed by atoms with E-state index < -0.39 is 45.2 Å². The number of hydrogen-bond acceptors (Lipinski definition) is 8. The van der Waals surface area contributed by atoms with Crippen LogP contribution in [-0.2, 0) is 28.9 Å². The van der Waals surface area contributed by atoms with Gasteiger partial charge in [0.05, 0.1) is 22.7 Å². The Morgan fingerprint density at radius 1 is 1.11 bits per heavy atom. The summed E-state index contributed by atoms with van der Waals surface area (Å²) in [5.41, 5.74) is 3.78. The topological polar surface area (TPSA) is 151 Å². The average Bonchev–Trinajstić information content (AvgIpc) is 2.88. The molecule has 37 heavy (non-hydrogen) atoms. The minimum atomic E-state index is -4.13. The van der Waals surface area contributed by atoms with Crippen molar-refractivity contribution >= 4 is 44.9 Å². The maximum atomic E-state index is 13.4. The molecular weight excluding hydrogens is 524 g/mol. The van der Waals surface area contributed by atoms with Crippen LogP contribution in [0.2, 0.25) is 5.02 Å². The number of hydrogen-bond donors (Lipinski definition) is 1. The average molecular weight is 547 g/mol. The molecule has 3 aromatic rings. The van der Waals surface area contributed by atoms with Crippen LogP contribution in [0.25, 0.3) is 0 Å². The molecular formula is C24H23ClN4O7S. The largest absolute Gasteiger partial charge is 0.454 e. The Balaban J connectivity index is 1.86. The highest BCUT2D eigenvalue weighted by molar-refractivity contribution is 7.92. The number of carbonyl (C=O) groups is 2. The second kappa shape index (κ2) is 10.8. The predicted octanol–water partition coefficient (Wildman–Crippen LogP) is 1.74. The Kier molecular flexibility index (Phi) is 8.04. The normalized spacial score (nSPS) is 11.1. The number of benzene rings is 2. The summed E-state index contributed by atoms with van der Waals surface area (Å²) in [4.78, 5) is 49.3. The third-order valence-electron chi connectivity index (χ3n) is 5.39. The second-order valence-corrected chi connectivity index (χ2v) is 10.1. The highest BCUT2D eigenvalue weighted by Gasteiger charge is 2.26. The van der Waals surface area contributed by atoms with Crippen LogP contribution in [0, 0.1) is 0 Å². The molecule has 0 atom stereocenters. The standard InChI is InChI=1S/C24H23ClN4O7S/c1-4-12-29(17-10-8-16(25)9-11-17)37(34,35)18-7-5-6-15(13-18)23(32)36-14-19(30)20-21(26)27(2)24(33)28(3)22(20)31/h4-11,13H,1,12,14,26H2,2-3H3. The van der Waals surface area contributed by atoms with Gasteiger partial charge in [0.15, 0.2) is 6.61 Å². The number of nitrogen functional groups attached to an aromatic ring is 1. The van der Waals surface area contributed by atoms with E-state index in [-0.39, 0.29) is 22.8 Å². The zero-order valence-corrected chi connectivity index (χ0v) is 21.5. The number of anilines is 2. The maximum Gasteiger partial charge on any atom is 0.338 e. The van der Waals surface area contributed by atoms with Gasteiger partial charge in [0.2, 0.25) is 5.78 Å². The minimum absolute atomic E-state index is 0.0525. The van der Waals surface area contributed by atoms with Crippen molar-refractivity contribution < 1.29 is 22.7 Å². The highest BCUT2D eigenvalue weighted by atomic mass is 35.5. The van der Waals surface area contributed by atoms with Crippen LogP contribution < -0.4 is 21.3 Å². The monoisotopic (exact) mass is 546 g/mol. The third-order valence-corrected chi connectivity index (χ3v) is 7.43. The molecule has 2 aromatic carbocycles. The van der Waals surface area contributed by atoms with Gasteiger partial charge in [-0.25, -0.2) is 18.0 Å². The number of sulfonamides is 1. The van der Waals surface area contributed by atoms with Crippen molar-refractivity contribution in [2.45, 2.75) is 4.90 Å². The van der Waals surface area contributed by atoms with Crippen molar-refractivity contribution in [2.75, 3.05) is 23.2 Å². The third kappa shape index (κ3) is 5.49. The van der Waals surface area contributed by atoms with Crippen molar-refractivity contribution in [3.05, 3.63) is 98.2 Å². The molecule has 3 rings (SSSR count). The molecule has 0 unspecified atom stereocenters. The lowest BCUT2D eigenvalue weighted by molar-refractivity contribution is 0.0474. The quantitative estimate of drug-likeness (QED) is 0.242. The highest BCUT2D eigenvalue weighted by Crippen LogP contribution is 2.26. The molecule has 0 radical (unpaired) electrons. The lowest BCUT2D eigenvalue weighted by Gasteiger charge is -2.23. The molecule has 0 amide bonds. The number of Topliss-reactive ketones (excluding diaryl/α,β-unsaturated/α-hetero) is 1. The lowest BCUT2D eigenvalue weighted by atomic mass is 10.2. The molecule has 1 aromatic heterocycles. The predicted molar refractivity (Wildman–Crippen MR) is 139 cm³/mol. The summed E-state index contributed by atoms with van der Waals surface area (Å²) in [7, 11) is -1.67. The van der Waals surface area contributed by atoms with Crippen LogP contribution >= 0.6 is 11.6 Å². The van der Waals surface area contributed by atoms with E-state index in [2.05, 4.69) is 6.58 Å². The van der Waals surface area contributed by atoms with Crippen molar-refractivity contribution in [1.29, 1.82) is 0 Å². The van der Waals surface area contributed by atoms with Crippen LogP contribution in [0.1, 0.15) is 20.7 Å². The van der Waals surface area contributed by atoms with Crippen molar-refractivity contribution in [3.63, 3.8) is 0 Å². The van der Waals surface area contributed by atoms with Crippen LogP contribution in [0.15, 0.2) is 75.7 Å². The summed E-state index contributed by atoms with van der Waals surface area (Å²) >= 11 is 5.91. The Bertz CT molecular complexity index is 1610. The smallest absolute Gasteiger partial charge is 0.338 e. The van der Waals surface area contributed by atoms with E-state index >= 15 is 0 Å².